The molecule has 4 heteroatoms. The number of benzene rings is 1. The van der Waals surface area contributed by atoms with E-state index in [1.165, 1.54) is 6.07 Å². The first-order chi connectivity index (χ1) is 5.15. The van der Waals surface area contributed by atoms with Crippen LogP contribution in [0.1, 0.15) is 5.56 Å². The van der Waals surface area contributed by atoms with E-state index in [1.807, 2.05) is 0 Å². The fourth-order valence-corrected chi connectivity index (χ4v) is 1.07. The molecule has 1 aromatic carbocycles. The normalized spacial score (nSPS) is 10.2. The van der Waals surface area contributed by atoms with E-state index >= 15 is 0 Å². The molecule has 0 aliphatic heterocycles. The zero-order valence-corrected chi connectivity index (χ0v) is 7.08. The summed E-state index contributed by atoms with van der Waals surface area (Å²) in [6.07, 6.45) is 0. The second-order valence-electron chi connectivity index (χ2n) is 2.08. The standard InChI is InChI=1S/C7H6Cl2FN/c8-5-1-4(3-11)2-6(10)7(5)9/h1-2H,3,11H2. The average molecular weight is 194 g/mol. The quantitative estimate of drug-likeness (QED) is 0.683. The van der Waals surface area contributed by atoms with Gasteiger partial charge in [0, 0.05) is 6.54 Å². The van der Waals surface area contributed by atoms with Crippen LogP contribution in [0, 0.1) is 5.82 Å². The van der Waals surface area contributed by atoms with Crippen LogP contribution in [0.4, 0.5) is 4.39 Å². The van der Waals surface area contributed by atoms with Gasteiger partial charge in [0.05, 0.1) is 10.0 Å². The van der Waals surface area contributed by atoms with Gasteiger partial charge in [-0.2, -0.15) is 0 Å². The molecule has 0 amide bonds. The molecule has 0 heterocycles. The van der Waals surface area contributed by atoms with E-state index in [0.717, 1.165) is 0 Å². The Morgan fingerprint density at radius 2 is 2.00 bits per heavy atom. The molecule has 1 aromatic rings. The molecule has 0 spiro atoms. The van der Waals surface area contributed by atoms with Crippen molar-refractivity contribution in [2.75, 3.05) is 0 Å². The minimum atomic E-state index is -0.528. The third-order valence-corrected chi connectivity index (χ3v) is 2.06. The summed E-state index contributed by atoms with van der Waals surface area (Å²) < 4.78 is 12.8. The summed E-state index contributed by atoms with van der Waals surface area (Å²) in [5.41, 5.74) is 5.91. The smallest absolute Gasteiger partial charge is 0.143 e. The van der Waals surface area contributed by atoms with Crippen LogP contribution in [0.25, 0.3) is 0 Å². The fourth-order valence-electron chi connectivity index (χ4n) is 0.726. The molecule has 60 valence electrons. The van der Waals surface area contributed by atoms with Crippen molar-refractivity contribution in [2.45, 2.75) is 6.54 Å². The molecule has 0 aliphatic rings. The minimum absolute atomic E-state index is 0.0520. The third-order valence-electron chi connectivity index (χ3n) is 1.28. The van der Waals surface area contributed by atoms with E-state index in [2.05, 4.69) is 0 Å². The first-order valence-corrected chi connectivity index (χ1v) is 3.74. The monoisotopic (exact) mass is 193 g/mol. The van der Waals surface area contributed by atoms with Crippen molar-refractivity contribution < 1.29 is 4.39 Å². The van der Waals surface area contributed by atoms with Crippen molar-refractivity contribution in [3.63, 3.8) is 0 Å². The lowest BCUT2D eigenvalue weighted by Crippen LogP contribution is -1.97. The van der Waals surface area contributed by atoms with Crippen molar-refractivity contribution in [3.05, 3.63) is 33.6 Å². The van der Waals surface area contributed by atoms with Crippen LogP contribution >= 0.6 is 23.2 Å². The maximum atomic E-state index is 12.8. The summed E-state index contributed by atoms with van der Waals surface area (Å²) in [4.78, 5) is 0. The summed E-state index contributed by atoms with van der Waals surface area (Å²) in [5.74, 6) is -0.528. The molecule has 0 radical (unpaired) electrons. The van der Waals surface area contributed by atoms with Crippen molar-refractivity contribution in [1.82, 2.24) is 0 Å². The number of hydrogen-bond donors (Lipinski definition) is 1. The molecule has 0 bridgehead atoms. The molecule has 1 nitrogen and oxygen atoms in total. The van der Waals surface area contributed by atoms with E-state index in [0.29, 0.717) is 5.56 Å². The highest BCUT2D eigenvalue weighted by atomic mass is 35.5. The third kappa shape index (κ3) is 1.83. The molecule has 0 saturated heterocycles. The molecule has 0 aliphatic carbocycles. The number of halogens is 3. The Kier molecular flexibility index (Phi) is 2.71. The van der Waals surface area contributed by atoms with Crippen molar-refractivity contribution in [1.29, 1.82) is 0 Å². The lowest BCUT2D eigenvalue weighted by atomic mass is 10.2. The van der Waals surface area contributed by atoms with E-state index in [-0.39, 0.29) is 16.6 Å². The summed E-state index contributed by atoms with van der Waals surface area (Å²) in [7, 11) is 0. The van der Waals surface area contributed by atoms with Crippen LogP contribution < -0.4 is 5.73 Å². The predicted molar refractivity (Wildman–Crippen MR) is 44.3 cm³/mol. The van der Waals surface area contributed by atoms with Gasteiger partial charge in [0.1, 0.15) is 5.82 Å². The van der Waals surface area contributed by atoms with E-state index in [9.17, 15) is 4.39 Å². The van der Waals surface area contributed by atoms with Crippen LogP contribution in [0.2, 0.25) is 10.0 Å². The molecule has 11 heavy (non-hydrogen) atoms. The van der Waals surface area contributed by atoms with Gasteiger partial charge in [0.15, 0.2) is 0 Å². The largest absolute Gasteiger partial charge is 0.326 e. The summed E-state index contributed by atoms with van der Waals surface area (Å²) >= 11 is 11.0. The zero-order valence-electron chi connectivity index (χ0n) is 5.57. The highest BCUT2D eigenvalue weighted by Gasteiger charge is 2.05. The lowest BCUT2D eigenvalue weighted by Gasteiger charge is -2.00. The van der Waals surface area contributed by atoms with E-state index in [4.69, 9.17) is 28.9 Å². The van der Waals surface area contributed by atoms with Crippen LogP contribution in [0.15, 0.2) is 12.1 Å². The predicted octanol–water partition coefficient (Wildman–Crippen LogP) is 2.59. The molecule has 0 fully saturated rings. The molecule has 1 rings (SSSR count). The first-order valence-electron chi connectivity index (χ1n) is 2.98. The second kappa shape index (κ2) is 3.39. The molecule has 0 atom stereocenters. The highest BCUT2D eigenvalue weighted by molar-refractivity contribution is 6.42. The number of rotatable bonds is 1. The summed E-state index contributed by atoms with van der Waals surface area (Å²) in [6, 6.07) is 2.82. The molecular weight excluding hydrogens is 188 g/mol. The average Bonchev–Trinajstić information content (AvgIpc) is 1.99. The van der Waals surface area contributed by atoms with Crippen molar-refractivity contribution >= 4 is 23.2 Å². The van der Waals surface area contributed by atoms with Crippen molar-refractivity contribution in [3.8, 4) is 0 Å². The van der Waals surface area contributed by atoms with Gasteiger partial charge in [-0.3, -0.25) is 0 Å². The zero-order chi connectivity index (χ0) is 8.43. The Bertz CT molecular complexity index is 252. The fraction of sp³-hybridized carbons (Fsp3) is 0.143. The van der Waals surface area contributed by atoms with Gasteiger partial charge in [-0.25, -0.2) is 4.39 Å². The Hall–Kier alpha value is -0.310. The number of hydrogen-bond acceptors (Lipinski definition) is 1. The first kappa shape index (κ1) is 8.78. The molecule has 0 saturated carbocycles. The minimum Gasteiger partial charge on any atom is -0.326 e. The Labute approximate surface area is 73.9 Å². The van der Waals surface area contributed by atoms with Crippen LogP contribution in [0.3, 0.4) is 0 Å². The van der Waals surface area contributed by atoms with Crippen LogP contribution in [-0.2, 0) is 6.54 Å². The van der Waals surface area contributed by atoms with Gasteiger partial charge >= 0.3 is 0 Å². The van der Waals surface area contributed by atoms with Gasteiger partial charge in [-0.05, 0) is 17.7 Å². The maximum absolute atomic E-state index is 12.8. The molecule has 0 unspecified atom stereocenters. The van der Waals surface area contributed by atoms with E-state index < -0.39 is 5.82 Å². The van der Waals surface area contributed by atoms with E-state index in [1.54, 1.807) is 6.07 Å². The Morgan fingerprint density at radius 3 is 2.45 bits per heavy atom. The van der Waals surface area contributed by atoms with Gasteiger partial charge < -0.3 is 5.73 Å². The summed E-state index contributed by atoms with van der Waals surface area (Å²) in [6.45, 7) is 0.258. The molecule has 2 N–H and O–H groups in total. The van der Waals surface area contributed by atoms with Gasteiger partial charge in [0.2, 0.25) is 0 Å². The molecule has 0 aromatic heterocycles. The maximum Gasteiger partial charge on any atom is 0.143 e. The van der Waals surface area contributed by atoms with Gasteiger partial charge in [0.25, 0.3) is 0 Å². The Morgan fingerprint density at radius 1 is 1.36 bits per heavy atom. The topological polar surface area (TPSA) is 26.0 Å². The Balaban J connectivity index is 3.21. The van der Waals surface area contributed by atoms with Gasteiger partial charge in [-0.1, -0.05) is 23.2 Å². The lowest BCUT2D eigenvalue weighted by molar-refractivity contribution is 0.626. The molecular formula is C7H6Cl2FN. The van der Waals surface area contributed by atoms with Crippen LogP contribution in [-0.4, -0.2) is 0 Å². The summed E-state index contributed by atoms with van der Waals surface area (Å²) in [5, 5.41) is 0.149. The number of nitrogens with two attached hydrogens (primary N) is 1. The SMILES string of the molecule is NCc1cc(F)c(Cl)c(Cl)c1. The van der Waals surface area contributed by atoms with Gasteiger partial charge in [-0.15, -0.1) is 0 Å². The highest BCUT2D eigenvalue weighted by Crippen LogP contribution is 2.25. The van der Waals surface area contributed by atoms with Crippen LogP contribution in [0.5, 0.6) is 0 Å². The van der Waals surface area contributed by atoms with Crippen molar-refractivity contribution in [2.24, 2.45) is 5.73 Å². The second-order valence-corrected chi connectivity index (χ2v) is 2.86.